The lowest BCUT2D eigenvalue weighted by Crippen LogP contribution is -2.37. The van der Waals surface area contributed by atoms with Crippen molar-refractivity contribution in [3.63, 3.8) is 0 Å². The molecule has 0 radical (unpaired) electrons. The Morgan fingerprint density at radius 3 is 2.26 bits per heavy atom. The van der Waals surface area contributed by atoms with Crippen molar-refractivity contribution in [1.29, 1.82) is 0 Å². The first-order valence-corrected chi connectivity index (χ1v) is 16.6. The third-order valence-corrected chi connectivity index (χ3v) is 9.28. The van der Waals surface area contributed by atoms with E-state index in [9.17, 15) is 4.79 Å². The Bertz CT molecular complexity index is 1860. The smallest absolute Gasteiger partial charge is 0.192 e. The number of imidazole rings is 1. The van der Waals surface area contributed by atoms with E-state index in [0.29, 0.717) is 11.4 Å². The molecular weight excluding hydrogens is 496 g/mol. The minimum Gasteiger partial charge on any atom is -0.367 e. The van der Waals surface area contributed by atoms with Gasteiger partial charge < -0.3 is 9.55 Å². The first kappa shape index (κ1) is 24.8. The minimum absolute atomic E-state index is 0.0603. The van der Waals surface area contributed by atoms with Crippen molar-refractivity contribution in [2.24, 2.45) is 7.05 Å². The number of aromatic nitrogens is 4. The fraction of sp³-hybridized carbons (Fsp3) is 0.121. The van der Waals surface area contributed by atoms with E-state index in [-0.39, 0.29) is 5.43 Å². The van der Waals surface area contributed by atoms with Gasteiger partial charge in [0.1, 0.15) is 5.82 Å². The number of benzene rings is 3. The van der Waals surface area contributed by atoms with Crippen molar-refractivity contribution in [2.75, 3.05) is 0 Å². The third kappa shape index (κ3) is 4.64. The number of H-pyrrole nitrogens is 1. The molecule has 6 rings (SSSR count). The SMILES string of the molecule is Cn1c(-c2c[nH]ccc2=O)nc2c(-c3cc(-c4ccccc4)cc(-c4ccc([Si](C)(C)C)cn4)c3)cccc21. The summed E-state index contributed by atoms with van der Waals surface area (Å²) in [6.07, 6.45) is 5.40. The van der Waals surface area contributed by atoms with Crippen molar-refractivity contribution in [3.05, 3.63) is 114 Å². The van der Waals surface area contributed by atoms with E-state index in [0.717, 1.165) is 44.5 Å². The summed E-state index contributed by atoms with van der Waals surface area (Å²) >= 11 is 0. The fourth-order valence-electron chi connectivity index (χ4n) is 5.02. The van der Waals surface area contributed by atoms with Crippen LogP contribution in [0.15, 0.2) is 108 Å². The normalized spacial score (nSPS) is 11.7. The molecular formula is C33H30N4OSi. The van der Waals surface area contributed by atoms with E-state index >= 15 is 0 Å². The van der Waals surface area contributed by atoms with Gasteiger partial charge in [-0.2, -0.15) is 0 Å². The predicted molar refractivity (Wildman–Crippen MR) is 164 cm³/mol. The number of aryl methyl sites for hydroxylation is 1. The second kappa shape index (κ2) is 9.64. The largest absolute Gasteiger partial charge is 0.367 e. The molecule has 0 atom stereocenters. The van der Waals surface area contributed by atoms with E-state index in [1.807, 2.05) is 36.0 Å². The number of nitrogens with one attached hydrogen (secondary N) is 1. The summed E-state index contributed by atoms with van der Waals surface area (Å²) < 4.78 is 1.99. The van der Waals surface area contributed by atoms with Crippen LogP contribution < -0.4 is 10.6 Å². The molecule has 6 aromatic rings. The molecule has 3 heterocycles. The zero-order valence-electron chi connectivity index (χ0n) is 22.6. The van der Waals surface area contributed by atoms with Crippen LogP contribution in [0.3, 0.4) is 0 Å². The van der Waals surface area contributed by atoms with E-state index in [1.165, 1.54) is 11.3 Å². The second-order valence-electron chi connectivity index (χ2n) is 10.9. The van der Waals surface area contributed by atoms with Crippen LogP contribution in [0.4, 0.5) is 0 Å². The second-order valence-corrected chi connectivity index (χ2v) is 16.0. The molecule has 3 aromatic carbocycles. The van der Waals surface area contributed by atoms with Gasteiger partial charge in [-0.1, -0.05) is 68.2 Å². The highest BCUT2D eigenvalue weighted by Crippen LogP contribution is 2.36. The topological polar surface area (TPSA) is 63.6 Å². The fourth-order valence-corrected chi connectivity index (χ4v) is 6.05. The lowest BCUT2D eigenvalue weighted by molar-refractivity contribution is 0.955. The molecule has 5 nitrogen and oxygen atoms in total. The van der Waals surface area contributed by atoms with Gasteiger partial charge in [0, 0.05) is 42.8 Å². The van der Waals surface area contributed by atoms with Crippen LogP contribution in [0.1, 0.15) is 0 Å². The predicted octanol–water partition coefficient (Wildman–Crippen LogP) is 6.87. The average Bonchev–Trinajstić information content (AvgIpc) is 3.29. The molecule has 0 aliphatic rings. The molecule has 0 fully saturated rings. The van der Waals surface area contributed by atoms with Gasteiger partial charge >= 0.3 is 0 Å². The van der Waals surface area contributed by atoms with E-state index in [2.05, 4.69) is 85.3 Å². The highest BCUT2D eigenvalue weighted by Gasteiger charge is 2.19. The Hall–Kier alpha value is -4.55. The number of hydrogen-bond acceptors (Lipinski definition) is 3. The summed E-state index contributed by atoms with van der Waals surface area (Å²) in [5, 5.41) is 1.34. The molecule has 0 aliphatic heterocycles. The molecule has 192 valence electrons. The van der Waals surface area contributed by atoms with Crippen LogP contribution in [0.2, 0.25) is 19.6 Å². The van der Waals surface area contributed by atoms with Crippen LogP contribution in [0.25, 0.3) is 55.9 Å². The number of nitrogens with zero attached hydrogens (tertiary/aromatic N) is 3. The molecule has 0 spiro atoms. The van der Waals surface area contributed by atoms with Crippen LogP contribution >= 0.6 is 0 Å². The van der Waals surface area contributed by atoms with Crippen molar-refractivity contribution in [1.82, 2.24) is 19.5 Å². The van der Waals surface area contributed by atoms with Gasteiger partial charge in [0.25, 0.3) is 0 Å². The van der Waals surface area contributed by atoms with Gasteiger partial charge in [0.05, 0.1) is 30.4 Å². The summed E-state index contributed by atoms with van der Waals surface area (Å²) in [4.78, 5) is 25.5. The van der Waals surface area contributed by atoms with Crippen molar-refractivity contribution in [3.8, 4) is 44.9 Å². The number of aromatic amines is 1. The molecule has 0 amide bonds. The maximum Gasteiger partial charge on any atom is 0.192 e. The standard InChI is InChI=1S/C33H30N4OSi/c1-37-30-12-8-11-27(32(30)36-33(37)28-21-34-16-15-31(28)38)24-17-23(22-9-6-5-7-10-22)18-25(19-24)29-14-13-26(20-35-29)39(2,3)4/h5-21H,1-4H3,(H,34,38). The van der Waals surface area contributed by atoms with Crippen LogP contribution in [0, 0.1) is 0 Å². The molecule has 0 saturated carbocycles. The Kier molecular flexibility index (Phi) is 6.12. The molecule has 3 aromatic heterocycles. The number of fused-ring (bicyclic) bond motifs is 1. The summed E-state index contributed by atoms with van der Waals surface area (Å²) in [7, 11) is 0.507. The van der Waals surface area contributed by atoms with Crippen molar-refractivity contribution in [2.45, 2.75) is 19.6 Å². The van der Waals surface area contributed by atoms with E-state index in [4.69, 9.17) is 9.97 Å². The zero-order valence-corrected chi connectivity index (χ0v) is 23.6. The van der Waals surface area contributed by atoms with Gasteiger partial charge in [-0.25, -0.2) is 4.98 Å². The minimum atomic E-state index is -1.45. The van der Waals surface area contributed by atoms with Gasteiger partial charge in [-0.3, -0.25) is 9.78 Å². The van der Waals surface area contributed by atoms with Crippen molar-refractivity contribution < 1.29 is 0 Å². The Labute approximate surface area is 228 Å². The number of rotatable bonds is 5. The van der Waals surface area contributed by atoms with E-state index in [1.54, 1.807) is 12.4 Å². The van der Waals surface area contributed by atoms with Crippen molar-refractivity contribution >= 4 is 24.3 Å². The first-order chi connectivity index (χ1) is 18.8. The van der Waals surface area contributed by atoms with Gasteiger partial charge in [0.2, 0.25) is 0 Å². The first-order valence-electron chi connectivity index (χ1n) is 13.1. The monoisotopic (exact) mass is 526 g/mol. The molecule has 0 bridgehead atoms. The van der Waals surface area contributed by atoms with Gasteiger partial charge in [-0.05, 0) is 52.2 Å². The van der Waals surface area contributed by atoms with Gasteiger partial charge in [-0.15, -0.1) is 0 Å². The summed E-state index contributed by atoms with van der Waals surface area (Å²) in [5.41, 5.74) is 8.64. The Balaban J connectivity index is 1.56. The molecule has 6 heteroatoms. The molecule has 0 unspecified atom stereocenters. The van der Waals surface area contributed by atoms with Gasteiger partial charge in [0.15, 0.2) is 5.43 Å². The molecule has 39 heavy (non-hydrogen) atoms. The number of para-hydroxylation sites is 1. The average molecular weight is 527 g/mol. The van der Waals surface area contributed by atoms with Crippen LogP contribution in [-0.4, -0.2) is 27.6 Å². The van der Waals surface area contributed by atoms with Crippen LogP contribution in [0.5, 0.6) is 0 Å². The third-order valence-electron chi connectivity index (χ3n) is 7.25. The van der Waals surface area contributed by atoms with Crippen LogP contribution in [-0.2, 0) is 7.05 Å². The zero-order chi connectivity index (χ0) is 27.1. The Morgan fingerprint density at radius 2 is 1.54 bits per heavy atom. The highest BCUT2D eigenvalue weighted by molar-refractivity contribution is 6.88. The Morgan fingerprint density at radius 1 is 0.769 bits per heavy atom. The number of pyridine rings is 2. The lowest BCUT2D eigenvalue weighted by atomic mass is 9.94. The number of hydrogen-bond donors (Lipinski definition) is 1. The summed E-state index contributed by atoms with van der Waals surface area (Å²) in [5.74, 6) is 0.641. The molecule has 1 N–H and O–H groups in total. The summed E-state index contributed by atoms with van der Waals surface area (Å²) in [6, 6.07) is 29.1. The summed E-state index contributed by atoms with van der Waals surface area (Å²) in [6.45, 7) is 7.01. The lowest BCUT2D eigenvalue weighted by Gasteiger charge is -2.16. The molecule has 0 saturated heterocycles. The molecule has 0 aliphatic carbocycles. The quantitative estimate of drug-likeness (QED) is 0.249. The maximum atomic E-state index is 12.6. The van der Waals surface area contributed by atoms with E-state index < -0.39 is 8.07 Å². The maximum absolute atomic E-state index is 12.6. The highest BCUT2D eigenvalue weighted by atomic mass is 28.3.